The third-order valence-electron chi connectivity index (χ3n) is 3.33. The normalized spacial score (nSPS) is 12.6. The highest BCUT2D eigenvalue weighted by Crippen LogP contribution is 2.38. The smallest absolute Gasteiger partial charge is 0.315 e. The summed E-state index contributed by atoms with van der Waals surface area (Å²) in [6.07, 6.45) is -0.0824. The third kappa shape index (κ3) is 3.98. The minimum absolute atomic E-state index is 0.0824. The highest BCUT2D eigenvalue weighted by Gasteiger charge is 2.46. The fourth-order valence-corrected chi connectivity index (χ4v) is 2.13. The van der Waals surface area contributed by atoms with Gasteiger partial charge in [-0.1, -0.05) is 27.7 Å². The van der Waals surface area contributed by atoms with Crippen LogP contribution >= 0.6 is 0 Å². The molecular weight excluding hydrogens is 216 g/mol. The van der Waals surface area contributed by atoms with Gasteiger partial charge >= 0.3 is 5.97 Å². The van der Waals surface area contributed by atoms with Gasteiger partial charge in [0.2, 0.25) is 0 Å². The van der Waals surface area contributed by atoms with Crippen LogP contribution in [0, 0.1) is 17.3 Å². The Kier molecular flexibility index (Phi) is 6.76. The molecule has 0 atom stereocenters. The molecule has 0 unspecified atom stereocenters. The fraction of sp³-hybridized carbons (Fsp3) is 0.929. The Labute approximate surface area is 106 Å². The van der Waals surface area contributed by atoms with Crippen LogP contribution in [0.1, 0.15) is 48.5 Å². The molecule has 0 saturated carbocycles. The molecule has 0 rings (SSSR count). The Morgan fingerprint density at radius 3 is 1.82 bits per heavy atom. The van der Waals surface area contributed by atoms with E-state index in [2.05, 4.69) is 27.7 Å². The lowest BCUT2D eigenvalue weighted by Gasteiger charge is -2.38. The zero-order valence-corrected chi connectivity index (χ0v) is 12.4. The molecule has 0 aliphatic rings. The number of hydrogen-bond acceptors (Lipinski definition) is 3. The minimum Gasteiger partial charge on any atom is -0.462 e. The molecule has 0 N–H and O–H groups in total. The van der Waals surface area contributed by atoms with Gasteiger partial charge in [0.15, 0.2) is 0 Å². The number of esters is 1. The molecule has 0 fully saturated rings. The maximum absolute atomic E-state index is 12.4. The summed E-state index contributed by atoms with van der Waals surface area (Å²) in [5.74, 6) is 0.256. The van der Waals surface area contributed by atoms with Crippen molar-refractivity contribution in [2.75, 3.05) is 13.2 Å². The second kappa shape index (κ2) is 7.00. The number of ether oxygens (including phenoxy) is 2. The van der Waals surface area contributed by atoms with Crippen molar-refractivity contribution in [3.8, 4) is 0 Å². The summed E-state index contributed by atoms with van der Waals surface area (Å²) in [5, 5.41) is 0. The molecule has 0 radical (unpaired) electrons. The second-order valence-electron chi connectivity index (χ2n) is 5.44. The van der Waals surface area contributed by atoms with E-state index >= 15 is 0 Å². The van der Waals surface area contributed by atoms with Gasteiger partial charge in [-0.3, -0.25) is 4.79 Å². The molecule has 0 aliphatic carbocycles. The number of rotatable bonds is 7. The van der Waals surface area contributed by atoms with Crippen molar-refractivity contribution in [1.82, 2.24) is 0 Å². The van der Waals surface area contributed by atoms with E-state index in [9.17, 15) is 4.79 Å². The van der Waals surface area contributed by atoms with Crippen LogP contribution in [0.3, 0.4) is 0 Å². The maximum Gasteiger partial charge on any atom is 0.315 e. The average molecular weight is 244 g/mol. The summed E-state index contributed by atoms with van der Waals surface area (Å²) in [4.78, 5) is 12.4. The monoisotopic (exact) mass is 244 g/mol. The lowest BCUT2D eigenvalue weighted by Crippen LogP contribution is -2.47. The summed E-state index contributed by atoms with van der Waals surface area (Å²) >= 11 is 0. The molecule has 0 aromatic carbocycles. The third-order valence-corrected chi connectivity index (χ3v) is 3.33. The molecule has 0 saturated heterocycles. The highest BCUT2D eigenvalue weighted by atomic mass is 16.5. The van der Waals surface area contributed by atoms with E-state index < -0.39 is 5.41 Å². The van der Waals surface area contributed by atoms with Gasteiger partial charge in [0.1, 0.15) is 0 Å². The van der Waals surface area contributed by atoms with Crippen LogP contribution in [-0.4, -0.2) is 25.3 Å². The number of carbonyl (C=O) groups is 1. The first kappa shape index (κ1) is 16.4. The molecule has 0 aromatic rings. The molecular formula is C14H28O3. The first-order valence-electron chi connectivity index (χ1n) is 6.57. The van der Waals surface area contributed by atoms with Crippen molar-refractivity contribution >= 4 is 5.97 Å². The predicted octanol–water partition coefficient (Wildman–Crippen LogP) is 3.27. The Morgan fingerprint density at radius 1 is 1.06 bits per heavy atom. The summed E-state index contributed by atoms with van der Waals surface area (Å²) in [7, 11) is 0. The van der Waals surface area contributed by atoms with E-state index in [1.54, 1.807) is 0 Å². The van der Waals surface area contributed by atoms with Crippen molar-refractivity contribution in [2.24, 2.45) is 17.3 Å². The van der Waals surface area contributed by atoms with Crippen LogP contribution in [0.15, 0.2) is 0 Å². The Morgan fingerprint density at radius 2 is 1.53 bits per heavy atom. The van der Waals surface area contributed by atoms with Crippen LogP contribution in [0.2, 0.25) is 0 Å². The Hall–Kier alpha value is -0.570. The fourth-order valence-electron chi connectivity index (χ4n) is 2.13. The SMILES string of the molecule is CCOCC(C(=O)OC(C)C)(C(C)C)C(C)C. The second-order valence-corrected chi connectivity index (χ2v) is 5.44. The zero-order chi connectivity index (χ0) is 13.6. The van der Waals surface area contributed by atoms with Crippen LogP contribution in [0.25, 0.3) is 0 Å². The summed E-state index contributed by atoms with van der Waals surface area (Å²) in [5.41, 5.74) is -0.541. The first-order chi connectivity index (χ1) is 7.78. The number of hydrogen-bond donors (Lipinski definition) is 0. The molecule has 3 nitrogen and oxygen atoms in total. The van der Waals surface area contributed by atoms with Crippen LogP contribution in [0.4, 0.5) is 0 Å². The molecule has 0 amide bonds. The van der Waals surface area contributed by atoms with Crippen LogP contribution in [0.5, 0.6) is 0 Å². The largest absolute Gasteiger partial charge is 0.462 e. The molecule has 0 heterocycles. The quantitative estimate of drug-likeness (QED) is 0.645. The molecule has 17 heavy (non-hydrogen) atoms. The van der Waals surface area contributed by atoms with E-state index in [4.69, 9.17) is 9.47 Å². The molecule has 0 aliphatic heterocycles. The first-order valence-corrected chi connectivity index (χ1v) is 6.57. The van der Waals surface area contributed by atoms with Gasteiger partial charge < -0.3 is 9.47 Å². The van der Waals surface area contributed by atoms with E-state index in [1.165, 1.54) is 0 Å². The van der Waals surface area contributed by atoms with E-state index in [1.807, 2.05) is 20.8 Å². The van der Waals surface area contributed by atoms with Crippen LogP contribution in [-0.2, 0) is 14.3 Å². The van der Waals surface area contributed by atoms with Gasteiger partial charge in [0.25, 0.3) is 0 Å². The molecule has 102 valence electrons. The maximum atomic E-state index is 12.4. The van der Waals surface area contributed by atoms with Crippen molar-refractivity contribution in [2.45, 2.75) is 54.6 Å². The minimum atomic E-state index is -0.541. The highest BCUT2D eigenvalue weighted by molar-refractivity contribution is 5.78. The van der Waals surface area contributed by atoms with E-state index in [-0.39, 0.29) is 23.9 Å². The van der Waals surface area contributed by atoms with Crippen molar-refractivity contribution in [3.05, 3.63) is 0 Å². The van der Waals surface area contributed by atoms with E-state index in [0.717, 1.165) is 0 Å². The molecule has 3 heteroatoms. The Balaban J connectivity index is 5.09. The Bertz CT molecular complexity index is 224. The topological polar surface area (TPSA) is 35.5 Å². The van der Waals surface area contributed by atoms with Gasteiger partial charge in [-0.15, -0.1) is 0 Å². The van der Waals surface area contributed by atoms with Gasteiger partial charge in [0.05, 0.1) is 18.1 Å². The van der Waals surface area contributed by atoms with Gasteiger partial charge in [-0.05, 0) is 32.6 Å². The van der Waals surface area contributed by atoms with Crippen molar-refractivity contribution in [1.29, 1.82) is 0 Å². The van der Waals surface area contributed by atoms with Gasteiger partial charge in [-0.2, -0.15) is 0 Å². The molecule has 0 spiro atoms. The molecule has 0 bridgehead atoms. The predicted molar refractivity (Wildman–Crippen MR) is 69.8 cm³/mol. The standard InChI is InChI=1S/C14H28O3/c1-8-16-9-14(10(2)3,11(4)5)13(15)17-12(6)7/h10-12H,8-9H2,1-7H3. The lowest BCUT2D eigenvalue weighted by atomic mass is 9.69. The molecule has 0 aromatic heterocycles. The summed E-state index contributed by atoms with van der Waals surface area (Å²) in [6.45, 7) is 15.0. The van der Waals surface area contributed by atoms with Crippen molar-refractivity contribution in [3.63, 3.8) is 0 Å². The van der Waals surface area contributed by atoms with Crippen molar-refractivity contribution < 1.29 is 14.3 Å². The van der Waals surface area contributed by atoms with Gasteiger partial charge in [0, 0.05) is 6.61 Å². The summed E-state index contributed by atoms with van der Waals surface area (Å²) in [6, 6.07) is 0. The lowest BCUT2D eigenvalue weighted by molar-refractivity contribution is -0.172. The zero-order valence-electron chi connectivity index (χ0n) is 12.4. The average Bonchev–Trinajstić information content (AvgIpc) is 2.16. The summed E-state index contributed by atoms with van der Waals surface area (Å²) < 4.78 is 10.9. The van der Waals surface area contributed by atoms with E-state index in [0.29, 0.717) is 13.2 Å². The van der Waals surface area contributed by atoms with Crippen LogP contribution < -0.4 is 0 Å². The number of carbonyl (C=O) groups excluding carboxylic acids is 1. The van der Waals surface area contributed by atoms with Gasteiger partial charge in [-0.25, -0.2) is 0 Å².